The summed E-state index contributed by atoms with van der Waals surface area (Å²) >= 11 is 0. The second-order valence-corrected chi connectivity index (χ2v) is 2.69. The van der Waals surface area contributed by atoms with Crippen molar-refractivity contribution >= 4 is 11.9 Å². The number of carboxylic acid groups (broad SMARTS) is 1. The molecule has 0 saturated carbocycles. The Balaban J connectivity index is 3.05. The highest BCUT2D eigenvalue weighted by atomic mass is 16.4. The van der Waals surface area contributed by atoms with Gasteiger partial charge in [-0.3, -0.25) is 14.6 Å². The zero-order chi connectivity index (χ0) is 10.7. The van der Waals surface area contributed by atoms with Crippen LogP contribution in [-0.4, -0.2) is 22.0 Å². The van der Waals surface area contributed by atoms with Crippen LogP contribution < -0.4 is 11.5 Å². The molecule has 6 nitrogen and oxygen atoms in total. The van der Waals surface area contributed by atoms with Crippen LogP contribution in [0.25, 0.3) is 0 Å². The van der Waals surface area contributed by atoms with Crippen LogP contribution in [0, 0.1) is 0 Å². The molecule has 5 N–H and O–H groups in total. The molecule has 1 atom stereocenters. The van der Waals surface area contributed by atoms with E-state index in [0.29, 0.717) is 0 Å². The van der Waals surface area contributed by atoms with E-state index in [9.17, 15) is 9.59 Å². The van der Waals surface area contributed by atoms with E-state index in [2.05, 4.69) is 4.98 Å². The third kappa shape index (κ3) is 2.05. The molecule has 14 heavy (non-hydrogen) atoms. The Kier molecular flexibility index (Phi) is 2.78. The van der Waals surface area contributed by atoms with Crippen molar-refractivity contribution in [2.24, 2.45) is 11.5 Å². The van der Waals surface area contributed by atoms with Crippen molar-refractivity contribution in [2.75, 3.05) is 0 Å². The first-order chi connectivity index (χ1) is 6.52. The summed E-state index contributed by atoms with van der Waals surface area (Å²) in [6, 6.07) is 0.121. The Labute approximate surface area is 79.5 Å². The zero-order valence-electron chi connectivity index (χ0n) is 7.18. The quantitative estimate of drug-likeness (QED) is 0.587. The molecule has 1 amide bonds. The lowest BCUT2D eigenvalue weighted by Crippen LogP contribution is -2.21. The molecule has 0 saturated heterocycles. The Hall–Kier alpha value is -1.95. The molecule has 0 aliphatic heterocycles. The second kappa shape index (κ2) is 3.84. The smallest absolute Gasteiger partial charge is 0.325 e. The van der Waals surface area contributed by atoms with E-state index in [-0.39, 0.29) is 11.1 Å². The molecule has 6 heteroatoms. The lowest BCUT2D eigenvalue weighted by atomic mass is 10.1. The van der Waals surface area contributed by atoms with Gasteiger partial charge in [0, 0.05) is 12.4 Å². The molecule has 1 heterocycles. The van der Waals surface area contributed by atoms with Crippen LogP contribution in [0.2, 0.25) is 0 Å². The lowest BCUT2D eigenvalue weighted by Gasteiger charge is -2.06. The number of nitrogens with zero attached hydrogens (tertiary/aromatic N) is 1. The van der Waals surface area contributed by atoms with Gasteiger partial charge in [0.15, 0.2) is 0 Å². The van der Waals surface area contributed by atoms with Gasteiger partial charge in [-0.2, -0.15) is 0 Å². The van der Waals surface area contributed by atoms with Crippen LogP contribution in [0.4, 0.5) is 0 Å². The number of aromatic nitrogens is 1. The van der Waals surface area contributed by atoms with E-state index in [1.54, 1.807) is 0 Å². The van der Waals surface area contributed by atoms with Gasteiger partial charge in [-0.1, -0.05) is 0 Å². The minimum atomic E-state index is -1.19. The minimum Gasteiger partial charge on any atom is -0.480 e. The summed E-state index contributed by atoms with van der Waals surface area (Å²) in [5, 5.41) is 8.60. The number of aliphatic carboxylic acids is 1. The van der Waals surface area contributed by atoms with Crippen LogP contribution in [0.3, 0.4) is 0 Å². The predicted octanol–water partition coefficient (Wildman–Crippen LogP) is -0.735. The fourth-order valence-corrected chi connectivity index (χ4v) is 0.905. The Morgan fingerprint density at radius 1 is 1.43 bits per heavy atom. The van der Waals surface area contributed by atoms with Gasteiger partial charge in [0.05, 0.1) is 5.56 Å². The first-order valence-corrected chi connectivity index (χ1v) is 3.75. The fourth-order valence-electron chi connectivity index (χ4n) is 0.905. The van der Waals surface area contributed by atoms with Gasteiger partial charge < -0.3 is 16.6 Å². The largest absolute Gasteiger partial charge is 0.480 e. The summed E-state index contributed by atoms with van der Waals surface area (Å²) in [7, 11) is 0. The molecule has 1 aromatic rings. The maximum Gasteiger partial charge on any atom is 0.325 e. The van der Waals surface area contributed by atoms with E-state index in [1.807, 2.05) is 0 Å². The fraction of sp³-hybridized carbons (Fsp3) is 0.125. The average molecular weight is 195 g/mol. The molecule has 0 bridgehead atoms. The van der Waals surface area contributed by atoms with E-state index in [0.717, 1.165) is 0 Å². The maximum absolute atomic E-state index is 10.7. The van der Waals surface area contributed by atoms with Gasteiger partial charge in [0.25, 0.3) is 0 Å². The van der Waals surface area contributed by atoms with Crippen molar-refractivity contribution in [3.8, 4) is 0 Å². The molecular formula is C8H9N3O3. The summed E-state index contributed by atoms with van der Waals surface area (Å²) in [5.74, 6) is -1.86. The molecule has 0 fully saturated rings. The number of carboxylic acids is 1. The highest BCUT2D eigenvalue weighted by molar-refractivity contribution is 5.92. The molecule has 74 valence electrons. The predicted molar refractivity (Wildman–Crippen MR) is 47.3 cm³/mol. The van der Waals surface area contributed by atoms with Crippen molar-refractivity contribution in [1.82, 2.24) is 4.98 Å². The summed E-state index contributed by atoms with van der Waals surface area (Å²) in [5.41, 5.74) is 10.7. The number of primary amides is 1. The molecule has 1 rings (SSSR count). The van der Waals surface area contributed by atoms with E-state index in [1.165, 1.54) is 18.5 Å². The number of pyridine rings is 1. The highest BCUT2D eigenvalue weighted by Gasteiger charge is 2.15. The van der Waals surface area contributed by atoms with Crippen molar-refractivity contribution in [3.05, 3.63) is 29.6 Å². The summed E-state index contributed by atoms with van der Waals surface area (Å²) in [6.07, 6.45) is 2.53. The first kappa shape index (κ1) is 10.1. The Morgan fingerprint density at radius 2 is 2.07 bits per heavy atom. The minimum absolute atomic E-state index is 0.138. The average Bonchev–Trinajstić information content (AvgIpc) is 2.16. The number of carbonyl (C=O) groups excluding carboxylic acids is 1. The van der Waals surface area contributed by atoms with E-state index < -0.39 is 17.9 Å². The normalized spacial score (nSPS) is 12.1. The third-order valence-electron chi connectivity index (χ3n) is 1.67. The van der Waals surface area contributed by atoms with Crippen LogP contribution in [0.5, 0.6) is 0 Å². The topological polar surface area (TPSA) is 119 Å². The van der Waals surface area contributed by atoms with Gasteiger partial charge in [-0.25, -0.2) is 0 Å². The number of amides is 1. The number of hydrogen-bond acceptors (Lipinski definition) is 4. The molecule has 1 aromatic heterocycles. The van der Waals surface area contributed by atoms with Crippen molar-refractivity contribution in [2.45, 2.75) is 6.04 Å². The first-order valence-electron chi connectivity index (χ1n) is 3.75. The van der Waals surface area contributed by atoms with Crippen LogP contribution >= 0.6 is 0 Å². The van der Waals surface area contributed by atoms with E-state index in [4.69, 9.17) is 16.6 Å². The molecule has 0 aliphatic carbocycles. The second-order valence-electron chi connectivity index (χ2n) is 2.69. The van der Waals surface area contributed by atoms with Crippen molar-refractivity contribution < 1.29 is 14.7 Å². The third-order valence-corrected chi connectivity index (χ3v) is 1.67. The molecule has 0 unspecified atom stereocenters. The monoisotopic (exact) mass is 195 g/mol. The molecule has 0 spiro atoms. The number of hydrogen-bond donors (Lipinski definition) is 3. The van der Waals surface area contributed by atoms with Gasteiger partial charge in [-0.05, 0) is 11.6 Å². The molecular weight excluding hydrogens is 186 g/mol. The summed E-state index contributed by atoms with van der Waals surface area (Å²) < 4.78 is 0. The number of nitrogens with two attached hydrogens (primary N) is 2. The molecule has 0 aromatic carbocycles. The van der Waals surface area contributed by atoms with Crippen molar-refractivity contribution in [1.29, 1.82) is 0 Å². The van der Waals surface area contributed by atoms with Gasteiger partial charge >= 0.3 is 5.97 Å². The lowest BCUT2D eigenvalue weighted by molar-refractivity contribution is -0.138. The van der Waals surface area contributed by atoms with Gasteiger partial charge in [-0.15, -0.1) is 0 Å². The SMILES string of the molecule is NC(=O)c1cncc([C@@H](N)C(=O)O)c1. The van der Waals surface area contributed by atoms with Crippen molar-refractivity contribution in [3.63, 3.8) is 0 Å². The van der Waals surface area contributed by atoms with E-state index >= 15 is 0 Å². The molecule has 0 radical (unpaired) electrons. The van der Waals surface area contributed by atoms with Crippen LogP contribution in [0.15, 0.2) is 18.5 Å². The van der Waals surface area contributed by atoms with Gasteiger partial charge in [0.2, 0.25) is 5.91 Å². The standard InChI is InChI=1S/C8H9N3O3/c9-6(8(13)14)4-1-5(7(10)12)3-11-2-4/h1-3,6H,9H2,(H2,10,12)(H,13,14)/t6-/m1/s1. The maximum atomic E-state index is 10.7. The van der Waals surface area contributed by atoms with Gasteiger partial charge in [0.1, 0.15) is 6.04 Å². The summed E-state index contributed by atoms with van der Waals surface area (Å²) in [4.78, 5) is 24.9. The highest BCUT2D eigenvalue weighted by Crippen LogP contribution is 2.10. The number of rotatable bonds is 3. The number of carbonyl (C=O) groups is 2. The zero-order valence-corrected chi connectivity index (χ0v) is 7.18. The Bertz CT molecular complexity index is 378. The summed E-state index contributed by atoms with van der Waals surface area (Å²) in [6.45, 7) is 0. The Morgan fingerprint density at radius 3 is 2.57 bits per heavy atom. The molecule has 0 aliphatic rings. The van der Waals surface area contributed by atoms with Crippen LogP contribution in [0.1, 0.15) is 22.0 Å². The van der Waals surface area contributed by atoms with Crippen LogP contribution in [-0.2, 0) is 4.79 Å².